The first-order chi connectivity index (χ1) is 10.7. The largest absolute Gasteiger partial charge is 0.342 e. The lowest BCUT2D eigenvalue weighted by atomic mass is 10.1. The number of benzene rings is 2. The molecule has 0 aliphatic heterocycles. The Balaban J connectivity index is 1.71. The van der Waals surface area contributed by atoms with Gasteiger partial charge in [0.2, 0.25) is 0 Å². The summed E-state index contributed by atoms with van der Waals surface area (Å²) in [6.07, 6.45) is 1.78. The van der Waals surface area contributed by atoms with Crippen LogP contribution in [0.1, 0.15) is 5.82 Å². The number of hydrogen-bond acceptors (Lipinski definition) is 2. The predicted octanol–water partition coefficient (Wildman–Crippen LogP) is 4.03. The summed E-state index contributed by atoms with van der Waals surface area (Å²) in [6, 6.07) is 16.6. The van der Waals surface area contributed by atoms with E-state index in [1.807, 2.05) is 61.5 Å². The number of nitrogens with one attached hydrogen (secondary N) is 3. The number of nitrogens with zero attached hydrogens (tertiary/aromatic N) is 1. The number of rotatable bonds is 3. The second kappa shape index (κ2) is 6.13. The van der Waals surface area contributed by atoms with Crippen LogP contribution < -0.4 is 10.6 Å². The first-order valence-corrected chi connectivity index (χ1v) is 6.96. The van der Waals surface area contributed by atoms with Crippen molar-refractivity contribution in [1.29, 1.82) is 0 Å². The standard InChI is InChI=1S/C17H16N4O/c1-12-18-11-16(19-12)13-6-5-9-15(10-13)21-17(22)20-14-7-3-2-4-8-14/h2-11H,1H3,(H,18,19)(H2,20,21,22). The Morgan fingerprint density at radius 1 is 1.00 bits per heavy atom. The molecule has 5 heteroatoms. The van der Waals surface area contributed by atoms with Crippen LogP contribution in [0.2, 0.25) is 0 Å². The molecule has 1 aromatic heterocycles. The zero-order chi connectivity index (χ0) is 15.4. The van der Waals surface area contributed by atoms with Crippen LogP contribution in [0.4, 0.5) is 16.2 Å². The number of aromatic amines is 1. The summed E-state index contributed by atoms with van der Waals surface area (Å²) in [5.41, 5.74) is 3.36. The first-order valence-electron chi connectivity index (χ1n) is 6.96. The number of hydrogen-bond donors (Lipinski definition) is 3. The van der Waals surface area contributed by atoms with E-state index in [9.17, 15) is 4.79 Å². The van der Waals surface area contributed by atoms with Crippen LogP contribution in [0.25, 0.3) is 11.3 Å². The summed E-state index contributed by atoms with van der Waals surface area (Å²) in [4.78, 5) is 19.3. The molecule has 3 N–H and O–H groups in total. The van der Waals surface area contributed by atoms with Crippen molar-refractivity contribution in [3.05, 3.63) is 66.6 Å². The number of urea groups is 1. The maximum Gasteiger partial charge on any atom is 0.323 e. The van der Waals surface area contributed by atoms with E-state index in [1.165, 1.54) is 0 Å². The van der Waals surface area contributed by atoms with E-state index in [0.29, 0.717) is 0 Å². The lowest BCUT2D eigenvalue weighted by molar-refractivity contribution is 0.262. The van der Waals surface area contributed by atoms with Gasteiger partial charge in [-0.15, -0.1) is 0 Å². The van der Waals surface area contributed by atoms with Crippen LogP contribution in [0.3, 0.4) is 0 Å². The predicted molar refractivity (Wildman–Crippen MR) is 87.8 cm³/mol. The summed E-state index contributed by atoms with van der Waals surface area (Å²) in [6.45, 7) is 1.90. The first kappa shape index (κ1) is 13.9. The van der Waals surface area contributed by atoms with Crippen LogP contribution in [0.5, 0.6) is 0 Å². The van der Waals surface area contributed by atoms with Crippen LogP contribution in [-0.2, 0) is 0 Å². The van der Waals surface area contributed by atoms with E-state index in [2.05, 4.69) is 20.6 Å². The van der Waals surface area contributed by atoms with Crippen molar-refractivity contribution >= 4 is 17.4 Å². The Morgan fingerprint density at radius 2 is 1.73 bits per heavy atom. The van der Waals surface area contributed by atoms with Crippen LogP contribution in [-0.4, -0.2) is 16.0 Å². The molecule has 3 rings (SSSR count). The molecule has 0 saturated heterocycles. The molecule has 1 heterocycles. The number of anilines is 2. The van der Waals surface area contributed by atoms with Gasteiger partial charge in [0.1, 0.15) is 5.82 Å². The third-order valence-electron chi connectivity index (χ3n) is 3.17. The zero-order valence-electron chi connectivity index (χ0n) is 12.1. The Bertz CT molecular complexity index is 780. The molecule has 2 amide bonds. The highest BCUT2D eigenvalue weighted by Crippen LogP contribution is 2.21. The zero-order valence-corrected chi connectivity index (χ0v) is 12.1. The third kappa shape index (κ3) is 3.32. The second-order valence-electron chi connectivity index (χ2n) is 4.91. The number of aryl methyl sites for hydroxylation is 1. The highest BCUT2D eigenvalue weighted by atomic mass is 16.2. The average Bonchev–Trinajstić information content (AvgIpc) is 2.95. The fourth-order valence-corrected chi connectivity index (χ4v) is 2.15. The number of para-hydroxylation sites is 1. The molecule has 5 nitrogen and oxygen atoms in total. The van der Waals surface area contributed by atoms with Gasteiger partial charge in [-0.25, -0.2) is 9.78 Å². The van der Waals surface area contributed by atoms with E-state index < -0.39 is 0 Å². The molecule has 110 valence electrons. The highest BCUT2D eigenvalue weighted by Gasteiger charge is 2.05. The lowest BCUT2D eigenvalue weighted by Crippen LogP contribution is -2.19. The van der Waals surface area contributed by atoms with Gasteiger partial charge in [-0.2, -0.15) is 0 Å². The maximum atomic E-state index is 12.0. The van der Waals surface area contributed by atoms with Crippen molar-refractivity contribution in [2.24, 2.45) is 0 Å². The van der Waals surface area contributed by atoms with Gasteiger partial charge >= 0.3 is 6.03 Å². The molecule has 0 atom stereocenters. The molecular formula is C17H16N4O. The van der Waals surface area contributed by atoms with Crippen molar-refractivity contribution in [3.8, 4) is 11.3 Å². The molecule has 22 heavy (non-hydrogen) atoms. The SMILES string of the molecule is Cc1ncc(-c2cccc(NC(=O)Nc3ccccc3)c2)[nH]1. The van der Waals surface area contributed by atoms with Gasteiger partial charge in [0, 0.05) is 16.9 Å². The Hall–Kier alpha value is -3.08. The van der Waals surface area contributed by atoms with Crippen LogP contribution >= 0.6 is 0 Å². The summed E-state index contributed by atoms with van der Waals surface area (Å²) in [5, 5.41) is 5.61. The molecule has 0 fully saturated rings. The fourth-order valence-electron chi connectivity index (χ4n) is 2.15. The van der Waals surface area contributed by atoms with Gasteiger partial charge in [-0.05, 0) is 31.2 Å². The Kier molecular flexibility index (Phi) is 3.87. The second-order valence-corrected chi connectivity index (χ2v) is 4.91. The van der Waals surface area contributed by atoms with Gasteiger partial charge < -0.3 is 15.6 Å². The smallest absolute Gasteiger partial charge is 0.323 e. The number of carbonyl (C=O) groups is 1. The minimum atomic E-state index is -0.274. The summed E-state index contributed by atoms with van der Waals surface area (Å²) >= 11 is 0. The van der Waals surface area contributed by atoms with Crippen molar-refractivity contribution in [2.45, 2.75) is 6.92 Å². The van der Waals surface area contributed by atoms with Gasteiger partial charge in [0.05, 0.1) is 11.9 Å². The van der Waals surface area contributed by atoms with E-state index in [4.69, 9.17) is 0 Å². The Labute approximate surface area is 128 Å². The molecule has 0 aliphatic carbocycles. The lowest BCUT2D eigenvalue weighted by Gasteiger charge is -2.08. The molecule has 0 spiro atoms. The van der Waals surface area contributed by atoms with Gasteiger partial charge in [0.15, 0.2) is 0 Å². The quantitative estimate of drug-likeness (QED) is 0.682. The van der Waals surface area contributed by atoms with Gasteiger partial charge in [-0.3, -0.25) is 0 Å². The van der Waals surface area contributed by atoms with Crippen molar-refractivity contribution < 1.29 is 4.79 Å². The minimum Gasteiger partial charge on any atom is -0.342 e. The maximum absolute atomic E-state index is 12.0. The number of carbonyl (C=O) groups excluding carboxylic acids is 1. The third-order valence-corrected chi connectivity index (χ3v) is 3.17. The van der Waals surface area contributed by atoms with Crippen LogP contribution in [0.15, 0.2) is 60.8 Å². The van der Waals surface area contributed by atoms with Crippen molar-refractivity contribution in [2.75, 3.05) is 10.6 Å². The van der Waals surface area contributed by atoms with Crippen molar-refractivity contribution in [1.82, 2.24) is 9.97 Å². The summed E-state index contributed by atoms with van der Waals surface area (Å²) in [5.74, 6) is 0.857. The van der Waals surface area contributed by atoms with E-state index in [-0.39, 0.29) is 6.03 Å². The number of amides is 2. The topological polar surface area (TPSA) is 69.8 Å². The van der Waals surface area contributed by atoms with E-state index in [0.717, 1.165) is 28.5 Å². The summed E-state index contributed by atoms with van der Waals surface area (Å²) < 4.78 is 0. The molecular weight excluding hydrogens is 276 g/mol. The highest BCUT2D eigenvalue weighted by molar-refractivity contribution is 6.00. The molecule has 0 unspecified atom stereocenters. The van der Waals surface area contributed by atoms with E-state index >= 15 is 0 Å². The number of aromatic nitrogens is 2. The average molecular weight is 292 g/mol. The summed E-state index contributed by atoms with van der Waals surface area (Å²) in [7, 11) is 0. The molecule has 0 bridgehead atoms. The molecule has 2 aromatic carbocycles. The van der Waals surface area contributed by atoms with Gasteiger partial charge in [0.25, 0.3) is 0 Å². The van der Waals surface area contributed by atoms with E-state index in [1.54, 1.807) is 6.20 Å². The molecule has 0 saturated carbocycles. The Morgan fingerprint density at radius 3 is 2.45 bits per heavy atom. The molecule has 0 aliphatic rings. The normalized spacial score (nSPS) is 10.2. The molecule has 3 aromatic rings. The fraction of sp³-hybridized carbons (Fsp3) is 0.0588. The molecule has 0 radical (unpaired) electrons. The number of H-pyrrole nitrogens is 1. The van der Waals surface area contributed by atoms with Gasteiger partial charge in [-0.1, -0.05) is 30.3 Å². The minimum absolute atomic E-state index is 0.274. The van der Waals surface area contributed by atoms with Crippen molar-refractivity contribution in [3.63, 3.8) is 0 Å². The monoisotopic (exact) mass is 292 g/mol. The van der Waals surface area contributed by atoms with Crippen LogP contribution in [0, 0.1) is 6.92 Å². The number of imidazole rings is 1.